The Labute approximate surface area is 194 Å². The maximum Gasteiger partial charge on any atom is 0.328 e. The number of fused-ring (bicyclic) bond motifs is 1. The van der Waals surface area contributed by atoms with Gasteiger partial charge in [-0.15, -0.1) is 0 Å². The van der Waals surface area contributed by atoms with Gasteiger partial charge < -0.3 is 15.1 Å². The molecule has 2 heterocycles. The molecule has 178 valence electrons. The van der Waals surface area contributed by atoms with E-state index in [4.69, 9.17) is 10.2 Å². The van der Waals surface area contributed by atoms with E-state index in [2.05, 4.69) is 51.2 Å². The molecule has 0 bridgehead atoms. The Bertz CT molecular complexity index is 928. The van der Waals surface area contributed by atoms with Gasteiger partial charge in [-0.2, -0.15) is 5.10 Å². The molecule has 1 aliphatic carbocycles. The highest BCUT2D eigenvalue weighted by atomic mass is 16.4. The van der Waals surface area contributed by atoms with Crippen molar-refractivity contribution >= 4 is 17.6 Å². The predicted octanol–water partition coefficient (Wildman–Crippen LogP) is 3.06. The number of nitrogens with zero attached hydrogens (tertiary/aromatic N) is 3. The minimum Gasteiger partial charge on any atom is -0.478 e. The first-order valence-electron chi connectivity index (χ1n) is 11.7. The molecule has 2 aromatic rings. The molecule has 8 nitrogen and oxygen atoms in total. The Kier molecular flexibility index (Phi) is 9.06. The van der Waals surface area contributed by atoms with Gasteiger partial charge in [0.25, 0.3) is 0 Å². The van der Waals surface area contributed by atoms with Gasteiger partial charge in [-0.3, -0.25) is 10.00 Å². The predicted molar refractivity (Wildman–Crippen MR) is 128 cm³/mol. The lowest BCUT2D eigenvalue weighted by Gasteiger charge is -2.36. The van der Waals surface area contributed by atoms with Crippen molar-refractivity contribution in [2.45, 2.75) is 45.4 Å². The summed E-state index contributed by atoms with van der Waals surface area (Å²) in [5.41, 5.74) is 6.99. The van der Waals surface area contributed by atoms with E-state index in [1.807, 2.05) is 0 Å². The number of aryl methyl sites for hydroxylation is 3. The van der Waals surface area contributed by atoms with Crippen LogP contribution in [-0.4, -0.2) is 70.0 Å². The Morgan fingerprint density at radius 1 is 1.00 bits per heavy atom. The molecule has 0 saturated carbocycles. The summed E-state index contributed by atoms with van der Waals surface area (Å²) in [7, 11) is 0. The summed E-state index contributed by atoms with van der Waals surface area (Å²) in [5, 5.41) is 23.5. The van der Waals surface area contributed by atoms with Crippen molar-refractivity contribution in [3.05, 3.63) is 58.9 Å². The van der Waals surface area contributed by atoms with Gasteiger partial charge in [0.15, 0.2) is 0 Å². The van der Waals surface area contributed by atoms with Gasteiger partial charge >= 0.3 is 11.9 Å². The normalized spacial score (nSPS) is 16.2. The van der Waals surface area contributed by atoms with Crippen molar-refractivity contribution in [1.29, 1.82) is 0 Å². The van der Waals surface area contributed by atoms with Crippen molar-refractivity contribution in [2.75, 3.05) is 37.6 Å². The van der Waals surface area contributed by atoms with Gasteiger partial charge in [0.1, 0.15) is 0 Å². The number of carboxylic acids is 2. The van der Waals surface area contributed by atoms with E-state index >= 15 is 0 Å². The van der Waals surface area contributed by atoms with Crippen LogP contribution in [-0.2, 0) is 28.9 Å². The molecule has 4 rings (SSSR count). The third-order valence-corrected chi connectivity index (χ3v) is 6.17. The number of aromatic amines is 1. The topological polar surface area (TPSA) is 110 Å². The Morgan fingerprint density at radius 3 is 2.27 bits per heavy atom. The van der Waals surface area contributed by atoms with E-state index in [1.54, 1.807) is 0 Å². The molecule has 0 radical (unpaired) electrons. The van der Waals surface area contributed by atoms with Crippen LogP contribution in [0.1, 0.15) is 41.8 Å². The molecule has 1 aliphatic heterocycles. The molecule has 1 fully saturated rings. The number of carbonyl (C=O) groups is 2. The van der Waals surface area contributed by atoms with Crippen LogP contribution >= 0.6 is 0 Å². The minimum absolute atomic E-state index is 0.558. The summed E-state index contributed by atoms with van der Waals surface area (Å²) >= 11 is 0. The highest BCUT2D eigenvalue weighted by molar-refractivity contribution is 5.89. The van der Waals surface area contributed by atoms with E-state index in [-0.39, 0.29) is 0 Å². The van der Waals surface area contributed by atoms with E-state index < -0.39 is 11.9 Å². The number of nitrogens with one attached hydrogen (secondary N) is 1. The second-order valence-corrected chi connectivity index (χ2v) is 8.61. The number of rotatable bonds is 7. The lowest BCUT2D eigenvalue weighted by atomic mass is 9.94. The standard InChI is InChI=1S/C21H30N4.C4H4O4/c1-17-8-10-18(11-9-17)25-15-13-24(14-16-25)12-4-7-21-19-5-2-3-6-20(19)22-23-21;5-3(6)1-2-4(7)8/h8-11H,2-7,12-16H2,1H3,(H,22,23);1-2H,(H,5,6)(H,7,8)/b;2-1-. The Morgan fingerprint density at radius 2 is 1.64 bits per heavy atom. The maximum absolute atomic E-state index is 9.55. The molecule has 33 heavy (non-hydrogen) atoms. The molecule has 0 spiro atoms. The van der Waals surface area contributed by atoms with Crippen LogP contribution in [0.5, 0.6) is 0 Å². The Hall–Kier alpha value is -3.13. The van der Waals surface area contributed by atoms with E-state index in [9.17, 15) is 9.59 Å². The van der Waals surface area contributed by atoms with Gasteiger partial charge in [-0.1, -0.05) is 17.7 Å². The summed E-state index contributed by atoms with van der Waals surface area (Å²) in [5.74, 6) is -2.51. The van der Waals surface area contributed by atoms with Gasteiger partial charge in [-0.05, 0) is 69.7 Å². The molecule has 0 amide bonds. The average molecular weight is 455 g/mol. The first-order chi connectivity index (χ1) is 15.9. The summed E-state index contributed by atoms with van der Waals surface area (Å²) in [6, 6.07) is 8.94. The third-order valence-electron chi connectivity index (χ3n) is 6.17. The molecule has 8 heteroatoms. The van der Waals surface area contributed by atoms with Gasteiger partial charge in [0.05, 0.1) is 5.69 Å². The van der Waals surface area contributed by atoms with E-state index in [0.29, 0.717) is 12.2 Å². The molecule has 1 aromatic heterocycles. The summed E-state index contributed by atoms with van der Waals surface area (Å²) < 4.78 is 0. The zero-order valence-electron chi connectivity index (χ0n) is 19.3. The van der Waals surface area contributed by atoms with Crippen LogP contribution in [0, 0.1) is 6.92 Å². The second kappa shape index (κ2) is 12.2. The van der Waals surface area contributed by atoms with Crippen LogP contribution in [0.15, 0.2) is 36.4 Å². The SMILES string of the molecule is Cc1ccc(N2CCN(CCCc3n[nH]c4c3CCCC4)CC2)cc1.O=C(O)/C=C\C(=O)O. The number of aromatic nitrogens is 2. The average Bonchev–Trinajstić information content (AvgIpc) is 3.22. The number of carboxylic acid groups (broad SMARTS) is 2. The number of aliphatic carboxylic acids is 2. The highest BCUT2D eigenvalue weighted by Gasteiger charge is 2.19. The summed E-state index contributed by atoms with van der Waals surface area (Å²) in [6.07, 6.45) is 8.55. The van der Waals surface area contributed by atoms with E-state index in [1.165, 1.54) is 79.9 Å². The first kappa shape index (κ1) is 24.5. The molecular weight excluding hydrogens is 420 g/mol. The maximum atomic E-state index is 9.55. The van der Waals surface area contributed by atoms with Gasteiger partial charge in [0, 0.05) is 49.7 Å². The van der Waals surface area contributed by atoms with Crippen molar-refractivity contribution < 1.29 is 19.8 Å². The molecular formula is C25H34N4O4. The van der Waals surface area contributed by atoms with Gasteiger partial charge in [-0.25, -0.2) is 9.59 Å². The number of benzene rings is 1. The van der Waals surface area contributed by atoms with Crippen LogP contribution in [0.4, 0.5) is 5.69 Å². The minimum atomic E-state index is -1.26. The highest BCUT2D eigenvalue weighted by Crippen LogP contribution is 2.23. The van der Waals surface area contributed by atoms with Crippen LogP contribution < -0.4 is 4.90 Å². The zero-order valence-corrected chi connectivity index (χ0v) is 19.3. The largest absolute Gasteiger partial charge is 0.478 e. The van der Waals surface area contributed by atoms with Crippen LogP contribution in [0.2, 0.25) is 0 Å². The van der Waals surface area contributed by atoms with E-state index in [0.717, 1.165) is 19.5 Å². The zero-order chi connectivity index (χ0) is 23.6. The fourth-order valence-corrected chi connectivity index (χ4v) is 4.35. The summed E-state index contributed by atoms with van der Waals surface area (Å²) in [6.45, 7) is 7.97. The second-order valence-electron chi connectivity index (χ2n) is 8.61. The number of H-pyrrole nitrogens is 1. The number of anilines is 1. The van der Waals surface area contributed by atoms with Crippen molar-refractivity contribution in [1.82, 2.24) is 15.1 Å². The number of hydrogen-bond donors (Lipinski definition) is 3. The fourth-order valence-electron chi connectivity index (χ4n) is 4.35. The lowest BCUT2D eigenvalue weighted by molar-refractivity contribution is -0.134. The third kappa shape index (κ3) is 7.75. The Balaban J connectivity index is 0.000000331. The number of hydrogen-bond acceptors (Lipinski definition) is 5. The molecule has 1 aromatic carbocycles. The first-order valence-corrected chi connectivity index (χ1v) is 11.7. The molecule has 0 unspecified atom stereocenters. The lowest BCUT2D eigenvalue weighted by Crippen LogP contribution is -2.46. The number of piperazine rings is 1. The smallest absolute Gasteiger partial charge is 0.328 e. The fraction of sp³-hybridized carbons (Fsp3) is 0.480. The van der Waals surface area contributed by atoms with Gasteiger partial charge in [0.2, 0.25) is 0 Å². The molecule has 3 N–H and O–H groups in total. The van der Waals surface area contributed by atoms with Crippen molar-refractivity contribution in [3.63, 3.8) is 0 Å². The quantitative estimate of drug-likeness (QED) is 0.552. The van der Waals surface area contributed by atoms with Crippen LogP contribution in [0.3, 0.4) is 0 Å². The molecule has 0 atom stereocenters. The molecule has 1 saturated heterocycles. The molecule has 2 aliphatic rings. The van der Waals surface area contributed by atoms with Crippen molar-refractivity contribution in [2.24, 2.45) is 0 Å². The monoisotopic (exact) mass is 454 g/mol. The van der Waals surface area contributed by atoms with Crippen molar-refractivity contribution in [3.8, 4) is 0 Å². The summed E-state index contributed by atoms with van der Waals surface area (Å²) in [4.78, 5) is 24.2. The van der Waals surface area contributed by atoms with Crippen LogP contribution in [0.25, 0.3) is 0 Å².